The van der Waals surface area contributed by atoms with Crippen molar-refractivity contribution in [2.24, 2.45) is 0 Å². The van der Waals surface area contributed by atoms with E-state index in [4.69, 9.17) is 4.74 Å². The maximum Gasteiger partial charge on any atom is 0.237 e. The number of rotatable bonds is 2. The van der Waals surface area contributed by atoms with Crippen LogP contribution in [0.3, 0.4) is 0 Å². The van der Waals surface area contributed by atoms with E-state index in [9.17, 15) is 9.65 Å². The van der Waals surface area contributed by atoms with E-state index in [0.717, 1.165) is 30.5 Å². The minimum Gasteiger partial charge on any atom is -0.438 e. The van der Waals surface area contributed by atoms with Crippen LogP contribution in [0.2, 0.25) is 0 Å². The number of fused-ring (bicyclic) bond motifs is 1. The van der Waals surface area contributed by atoms with E-state index in [0.29, 0.717) is 16.9 Å². The van der Waals surface area contributed by atoms with Crippen molar-refractivity contribution in [1.82, 2.24) is 4.98 Å². The van der Waals surface area contributed by atoms with E-state index >= 15 is 0 Å². The monoisotopic (exact) mass is 268 g/mol. The number of hydrogen-bond donors (Lipinski definition) is 0. The summed E-state index contributed by atoms with van der Waals surface area (Å²) in [6.07, 6.45) is 2.91. The summed E-state index contributed by atoms with van der Waals surface area (Å²) < 4.78 is 19.1. The van der Waals surface area contributed by atoms with Gasteiger partial charge in [0.15, 0.2) is 0 Å². The highest BCUT2D eigenvalue weighted by molar-refractivity contribution is 5.46. The number of nitrogens with zero attached hydrogens (tertiary/aromatic N) is 2. The summed E-state index contributed by atoms with van der Waals surface area (Å²) in [4.78, 5) is 4.40. The third-order valence-corrected chi connectivity index (χ3v) is 3.49. The highest BCUT2D eigenvalue weighted by atomic mass is 19.1. The van der Waals surface area contributed by atoms with Gasteiger partial charge in [-0.25, -0.2) is 9.37 Å². The van der Waals surface area contributed by atoms with Gasteiger partial charge in [-0.15, -0.1) is 0 Å². The number of benzene rings is 1. The minimum atomic E-state index is -0.331. The molecule has 0 aliphatic heterocycles. The van der Waals surface area contributed by atoms with Gasteiger partial charge in [-0.1, -0.05) is 6.07 Å². The molecule has 0 unspecified atom stereocenters. The molecule has 3 rings (SSSR count). The Kier molecular flexibility index (Phi) is 3.11. The molecule has 1 aromatic carbocycles. The molecule has 0 N–H and O–H groups in total. The number of ether oxygens (including phenoxy) is 1. The minimum absolute atomic E-state index is 0.261. The largest absolute Gasteiger partial charge is 0.438 e. The smallest absolute Gasteiger partial charge is 0.237 e. The summed E-state index contributed by atoms with van der Waals surface area (Å²) in [6.45, 7) is 1.69. The second-order valence-electron chi connectivity index (χ2n) is 4.93. The lowest BCUT2D eigenvalue weighted by Gasteiger charge is -2.09. The summed E-state index contributed by atoms with van der Waals surface area (Å²) in [5, 5.41) is 9.18. The Morgan fingerprint density at radius 1 is 1.30 bits per heavy atom. The van der Waals surface area contributed by atoms with Crippen LogP contribution in [0.25, 0.3) is 0 Å². The third-order valence-electron chi connectivity index (χ3n) is 3.49. The molecule has 0 saturated carbocycles. The van der Waals surface area contributed by atoms with E-state index in [2.05, 4.69) is 11.1 Å². The van der Waals surface area contributed by atoms with Gasteiger partial charge in [0.2, 0.25) is 5.88 Å². The molecule has 2 aromatic rings. The van der Waals surface area contributed by atoms with Gasteiger partial charge in [0.25, 0.3) is 0 Å². The normalized spacial score (nSPS) is 12.8. The molecule has 0 fully saturated rings. The third kappa shape index (κ3) is 2.23. The van der Waals surface area contributed by atoms with Crippen LogP contribution >= 0.6 is 0 Å². The standard InChI is InChI=1S/C16H13FN2O/c1-10-5-6-13(8-14(10)17)20-16-12(9-18)7-11-3-2-4-15(11)19-16/h5-8H,2-4H2,1H3. The molecule has 0 atom stereocenters. The summed E-state index contributed by atoms with van der Waals surface area (Å²) >= 11 is 0. The molecule has 100 valence electrons. The Labute approximate surface area is 116 Å². The summed E-state index contributed by atoms with van der Waals surface area (Å²) in [7, 11) is 0. The number of nitriles is 1. The number of pyridine rings is 1. The van der Waals surface area contributed by atoms with Crippen molar-refractivity contribution in [3.63, 3.8) is 0 Å². The van der Waals surface area contributed by atoms with Crippen LogP contribution < -0.4 is 4.74 Å². The van der Waals surface area contributed by atoms with Crippen LogP contribution in [0.15, 0.2) is 24.3 Å². The fraction of sp³-hybridized carbons (Fsp3) is 0.250. The average Bonchev–Trinajstić information content (AvgIpc) is 2.89. The van der Waals surface area contributed by atoms with Gasteiger partial charge >= 0.3 is 0 Å². The molecule has 0 radical (unpaired) electrons. The molecule has 0 amide bonds. The van der Waals surface area contributed by atoms with Crippen molar-refractivity contribution in [2.75, 3.05) is 0 Å². The fourth-order valence-electron chi connectivity index (χ4n) is 2.36. The number of aryl methyl sites for hydroxylation is 3. The molecule has 20 heavy (non-hydrogen) atoms. The Hall–Kier alpha value is -2.41. The zero-order valence-corrected chi connectivity index (χ0v) is 11.1. The SMILES string of the molecule is Cc1ccc(Oc2nc3c(cc2C#N)CCC3)cc1F. The van der Waals surface area contributed by atoms with Crippen molar-refractivity contribution in [1.29, 1.82) is 5.26 Å². The lowest BCUT2D eigenvalue weighted by Crippen LogP contribution is -1.97. The molecule has 1 heterocycles. The fourth-order valence-corrected chi connectivity index (χ4v) is 2.36. The Balaban J connectivity index is 1.98. The Morgan fingerprint density at radius 3 is 2.90 bits per heavy atom. The number of halogens is 1. The number of aromatic nitrogens is 1. The molecular weight excluding hydrogens is 255 g/mol. The van der Waals surface area contributed by atoms with Gasteiger partial charge in [0, 0.05) is 11.8 Å². The van der Waals surface area contributed by atoms with E-state index in [-0.39, 0.29) is 11.7 Å². The summed E-state index contributed by atoms with van der Waals surface area (Å²) in [5.41, 5.74) is 3.04. The molecular formula is C16H13FN2O. The zero-order chi connectivity index (χ0) is 14.1. The highest BCUT2D eigenvalue weighted by Gasteiger charge is 2.17. The van der Waals surface area contributed by atoms with Crippen molar-refractivity contribution in [3.05, 3.63) is 52.5 Å². The van der Waals surface area contributed by atoms with Gasteiger partial charge in [0.05, 0.1) is 0 Å². The predicted molar refractivity (Wildman–Crippen MR) is 72.2 cm³/mol. The van der Waals surface area contributed by atoms with E-state index in [1.54, 1.807) is 19.1 Å². The van der Waals surface area contributed by atoms with Crippen LogP contribution in [0.5, 0.6) is 11.6 Å². The maximum absolute atomic E-state index is 13.5. The summed E-state index contributed by atoms with van der Waals surface area (Å²) in [6, 6.07) is 8.55. The Morgan fingerprint density at radius 2 is 2.15 bits per heavy atom. The maximum atomic E-state index is 13.5. The van der Waals surface area contributed by atoms with E-state index in [1.807, 2.05) is 6.07 Å². The van der Waals surface area contributed by atoms with Gasteiger partial charge in [0.1, 0.15) is 23.2 Å². The lowest BCUT2D eigenvalue weighted by molar-refractivity contribution is 0.454. The van der Waals surface area contributed by atoms with Crippen molar-refractivity contribution < 1.29 is 9.13 Å². The molecule has 1 aliphatic rings. The van der Waals surface area contributed by atoms with Crippen LogP contribution in [-0.4, -0.2) is 4.98 Å². The van der Waals surface area contributed by atoms with Gasteiger partial charge < -0.3 is 4.74 Å². The summed E-state index contributed by atoms with van der Waals surface area (Å²) in [5.74, 6) is 0.286. The van der Waals surface area contributed by atoms with Gasteiger partial charge in [-0.2, -0.15) is 5.26 Å². The molecule has 4 heteroatoms. The molecule has 1 aromatic heterocycles. The van der Waals surface area contributed by atoms with Crippen molar-refractivity contribution >= 4 is 0 Å². The molecule has 3 nitrogen and oxygen atoms in total. The number of hydrogen-bond acceptors (Lipinski definition) is 3. The second-order valence-corrected chi connectivity index (χ2v) is 4.93. The van der Waals surface area contributed by atoms with Crippen LogP contribution in [0.4, 0.5) is 4.39 Å². The Bertz CT molecular complexity index is 719. The predicted octanol–water partition coefficient (Wildman–Crippen LogP) is 3.68. The molecule has 0 saturated heterocycles. The first-order valence-corrected chi connectivity index (χ1v) is 6.54. The van der Waals surface area contributed by atoms with Crippen LogP contribution in [-0.2, 0) is 12.8 Å². The van der Waals surface area contributed by atoms with Crippen molar-refractivity contribution in [2.45, 2.75) is 26.2 Å². The topological polar surface area (TPSA) is 45.9 Å². The zero-order valence-electron chi connectivity index (χ0n) is 11.1. The van der Waals surface area contributed by atoms with E-state index < -0.39 is 0 Å². The second kappa shape index (κ2) is 4.93. The van der Waals surface area contributed by atoms with Crippen LogP contribution in [0.1, 0.15) is 28.8 Å². The molecule has 0 spiro atoms. The highest BCUT2D eigenvalue weighted by Crippen LogP contribution is 2.29. The first-order valence-electron chi connectivity index (χ1n) is 6.54. The quantitative estimate of drug-likeness (QED) is 0.834. The molecule has 1 aliphatic carbocycles. The molecule has 0 bridgehead atoms. The first-order chi connectivity index (χ1) is 9.67. The average molecular weight is 268 g/mol. The van der Waals surface area contributed by atoms with Crippen molar-refractivity contribution in [3.8, 4) is 17.7 Å². The van der Waals surface area contributed by atoms with Gasteiger partial charge in [-0.05, 0) is 49.4 Å². The lowest BCUT2D eigenvalue weighted by atomic mass is 10.1. The van der Waals surface area contributed by atoms with Crippen LogP contribution in [0, 0.1) is 24.1 Å². The van der Waals surface area contributed by atoms with E-state index in [1.165, 1.54) is 6.07 Å². The van der Waals surface area contributed by atoms with Gasteiger partial charge in [-0.3, -0.25) is 0 Å². The first kappa shape index (κ1) is 12.6.